The Labute approximate surface area is 159 Å². The number of halogens is 2. The summed E-state index contributed by atoms with van der Waals surface area (Å²) in [4.78, 5) is 36.8. The van der Waals surface area contributed by atoms with Gasteiger partial charge in [-0.15, -0.1) is 0 Å². The molecule has 0 unspecified atom stereocenters. The van der Waals surface area contributed by atoms with E-state index in [1.807, 2.05) is 6.07 Å². The number of carbonyl (C=O) groups is 3. The molecule has 0 saturated heterocycles. The summed E-state index contributed by atoms with van der Waals surface area (Å²) in [5.74, 6) is -5.39. The van der Waals surface area contributed by atoms with Crippen molar-refractivity contribution in [3.05, 3.63) is 64.2 Å². The largest absolute Gasteiger partial charge is 0.457 e. The highest BCUT2D eigenvalue weighted by Crippen LogP contribution is 2.35. The summed E-state index contributed by atoms with van der Waals surface area (Å²) in [6.07, 6.45) is -0.798. The number of esters is 1. The van der Waals surface area contributed by atoms with Gasteiger partial charge in [0.15, 0.2) is 0 Å². The van der Waals surface area contributed by atoms with Crippen LogP contribution in [0.4, 0.5) is 14.5 Å². The maximum absolute atomic E-state index is 13.8. The summed E-state index contributed by atoms with van der Waals surface area (Å²) in [5.41, 5.74) is 0.396. The average Bonchev–Trinajstić information content (AvgIpc) is 2.92. The lowest BCUT2D eigenvalue weighted by Gasteiger charge is -2.19. The van der Waals surface area contributed by atoms with Gasteiger partial charge in [-0.2, -0.15) is 0 Å². The summed E-state index contributed by atoms with van der Waals surface area (Å²) in [6.45, 7) is 0.655. The number of imide groups is 1. The van der Waals surface area contributed by atoms with E-state index in [9.17, 15) is 23.2 Å². The van der Waals surface area contributed by atoms with Gasteiger partial charge < -0.3 is 10.1 Å². The number of alkyl halides is 2. The zero-order chi connectivity index (χ0) is 20.5. The summed E-state index contributed by atoms with van der Waals surface area (Å²) >= 11 is 0. The molecule has 0 saturated carbocycles. The summed E-state index contributed by atoms with van der Waals surface area (Å²) in [7, 11) is 1.43. The smallest absolute Gasteiger partial charge is 0.338 e. The van der Waals surface area contributed by atoms with Crippen LogP contribution in [0, 0.1) is 0 Å². The van der Waals surface area contributed by atoms with E-state index in [0.717, 1.165) is 11.6 Å². The molecule has 2 aromatic carbocycles. The second-order valence-corrected chi connectivity index (χ2v) is 6.54. The van der Waals surface area contributed by atoms with Crippen LogP contribution in [0.3, 0.4) is 0 Å². The zero-order valence-corrected chi connectivity index (χ0v) is 15.3. The molecule has 0 aromatic heterocycles. The molecule has 0 atom stereocenters. The van der Waals surface area contributed by atoms with E-state index in [0.29, 0.717) is 6.92 Å². The number of hydrogen-bond donors (Lipinski definition) is 2. The first-order valence-corrected chi connectivity index (χ1v) is 8.53. The summed E-state index contributed by atoms with van der Waals surface area (Å²) < 4.78 is 32.9. The minimum Gasteiger partial charge on any atom is -0.457 e. The molecule has 1 heterocycles. The second-order valence-electron chi connectivity index (χ2n) is 6.54. The number of hydrogen-bond acceptors (Lipinski definition) is 5. The molecule has 0 radical (unpaired) electrons. The molecule has 2 amide bonds. The minimum atomic E-state index is -3.15. The third-order valence-corrected chi connectivity index (χ3v) is 4.30. The first-order valence-electron chi connectivity index (χ1n) is 8.53. The topological polar surface area (TPSA) is 84.5 Å². The second kappa shape index (κ2) is 7.38. The summed E-state index contributed by atoms with van der Waals surface area (Å²) in [6, 6.07) is 10.0. The van der Waals surface area contributed by atoms with Crippen LogP contribution >= 0.6 is 0 Å². The van der Waals surface area contributed by atoms with Gasteiger partial charge in [-0.25, -0.2) is 13.6 Å². The first kappa shape index (κ1) is 19.5. The number of ether oxygens (including phenoxy) is 1. The number of fused-ring (bicyclic) bond motifs is 1. The molecule has 3 rings (SSSR count). The van der Waals surface area contributed by atoms with Crippen molar-refractivity contribution in [2.75, 3.05) is 12.4 Å². The Hall–Kier alpha value is -3.29. The molecule has 2 N–H and O–H groups in total. The van der Waals surface area contributed by atoms with Crippen LogP contribution in [0.25, 0.3) is 0 Å². The van der Waals surface area contributed by atoms with Gasteiger partial charge in [0.1, 0.15) is 6.61 Å². The third kappa shape index (κ3) is 3.85. The number of nitrogens with one attached hydrogen (secondary N) is 2. The fourth-order valence-electron chi connectivity index (χ4n) is 3.12. The van der Waals surface area contributed by atoms with Crippen LogP contribution in [0.2, 0.25) is 0 Å². The zero-order valence-electron chi connectivity index (χ0n) is 15.3. The molecule has 0 fully saturated rings. The Balaban J connectivity index is 2.05. The molecule has 8 heteroatoms. The molecule has 0 spiro atoms. The molecule has 0 bridgehead atoms. The Morgan fingerprint density at radius 1 is 1.18 bits per heavy atom. The van der Waals surface area contributed by atoms with Crippen LogP contribution in [-0.4, -0.2) is 30.8 Å². The van der Waals surface area contributed by atoms with E-state index < -0.39 is 30.1 Å². The molecular weight excluding hydrogens is 370 g/mol. The minimum absolute atomic E-state index is 0.0223. The maximum atomic E-state index is 13.8. The van der Waals surface area contributed by atoms with Crippen LogP contribution < -0.4 is 10.6 Å². The maximum Gasteiger partial charge on any atom is 0.338 e. The summed E-state index contributed by atoms with van der Waals surface area (Å²) in [5, 5.41) is 4.80. The molecule has 2 aromatic rings. The molecule has 146 valence electrons. The molecule has 0 aliphatic carbocycles. The lowest BCUT2D eigenvalue weighted by molar-refractivity contribution is 0.0221. The van der Waals surface area contributed by atoms with E-state index >= 15 is 0 Å². The SMILES string of the molecule is CNc1c(CC(C)(F)F)c(C(=O)OCc2ccccc2)cc2c1C(=O)NC2=O. The van der Waals surface area contributed by atoms with Crippen LogP contribution in [0.15, 0.2) is 36.4 Å². The average molecular weight is 388 g/mol. The number of amides is 2. The standard InChI is InChI=1S/C20H18F2N2O4/c1-20(21,22)9-14-12(19(27)28-10-11-6-4-3-5-7-11)8-13-15(16(14)23-2)18(26)24-17(13)25/h3-8,23H,9-10H2,1-2H3,(H,24,25,26). The van der Waals surface area contributed by atoms with Crippen LogP contribution in [-0.2, 0) is 17.8 Å². The van der Waals surface area contributed by atoms with Gasteiger partial charge >= 0.3 is 5.97 Å². The highest BCUT2D eigenvalue weighted by molar-refractivity contribution is 6.25. The van der Waals surface area contributed by atoms with Gasteiger partial charge in [0.25, 0.3) is 11.8 Å². The van der Waals surface area contributed by atoms with Crippen molar-refractivity contribution >= 4 is 23.5 Å². The third-order valence-electron chi connectivity index (χ3n) is 4.30. The van der Waals surface area contributed by atoms with Crippen molar-refractivity contribution in [2.45, 2.75) is 25.9 Å². The van der Waals surface area contributed by atoms with Crippen molar-refractivity contribution in [1.82, 2.24) is 5.32 Å². The first-order chi connectivity index (χ1) is 13.2. The molecule has 1 aliphatic heterocycles. The Morgan fingerprint density at radius 2 is 1.86 bits per heavy atom. The highest BCUT2D eigenvalue weighted by atomic mass is 19.3. The normalized spacial score (nSPS) is 13.1. The quantitative estimate of drug-likeness (QED) is 0.587. The van der Waals surface area contributed by atoms with Crippen molar-refractivity contribution in [2.24, 2.45) is 0 Å². The molecular formula is C20H18F2N2O4. The van der Waals surface area contributed by atoms with Crippen molar-refractivity contribution < 1.29 is 27.9 Å². The Kier molecular flexibility index (Phi) is 5.13. The number of benzene rings is 2. The Morgan fingerprint density at radius 3 is 2.46 bits per heavy atom. The van der Waals surface area contributed by atoms with Crippen molar-refractivity contribution in [3.63, 3.8) is 0 Å². The van der Waals surface area contributed by atoms with Crippen molar-refractivity contribution in [1.29, 1.82) is 0 Å². The monoisotopic (exact) mass is 388 g/mol. The lowest BCUT2D eigenvalue weighted by atomic mass is 9.92. The van der Waals surface area contributed by atoms with Crippen LogP contribution in [0.5, 0.6) is 0 Å². The van der Waals surface area contributed by atoms with E-state index in [1.165, 1.54) is 7.05 Å². The van der Waals surface area contributed by atoms with E-state index in [2.05, 4.69) is 10.6 Å². The van der Waals surface area contributed by atoms with E-state index in [-0.39, 0.29) is 34.5 Å². The van der Waals surface area contributed by atoms with E-state index in [1.54, 1.807) is 24.3 Å². The van der Waals surface area contributed by atoms with E-state index in [4.69, 9.17) is 4.74 Å². The molecule has 1 aliphatic rings. The fourth-order valence-corrected chi connectivity index (χ4v) is 3.12. The highest BCUT2D eigenvalue weighted by Gasteiger charge is 2.36. The predicted molar refractivity (Wildman–Crippen MR) is 97.7 cm³/mol. The number of rotatable bonds is 6. The van der Waals surface area contributed by atoms with Crippen LogP contribution in [0.1, 0.15) is 49.1 Å². The number of carbonyl (C=O) groups excluding carboxylic acids is 3. The van der Waals surface area contributed by atoms with Gasteiger partial charge in [0.2, 0.25) is 5.92 Å². The fraction of sp³-hybridized carbons (Fsp3) is 0.250. The lowest BCUT2D eigenvalue weighted by Crippen LogP contribution is -2.21. The number of anilines is 1. The molecule has 28 heavy (non-hydrogen) atoms. The predicted octanol–water partition coefficient (Wildman–Crippen LogP) is 3.17. The molecule has 6 nitrogen and oxygen atoms in total. The van der Waals surface area contributed by atoms with Gasteiger partial charge in [-0.05, 0) is 24.1 Å². The van der Waals surface area contributed by atoms with Gasteiger partial charge in [0, 0.05) is 13.5 Å². The van der Waals surface area contributed by atoms with Crippen molar-refractivity contribution in [3.8, 4) is 0 Å². The van der Waals surface area contributed by atoms with Gasteiger partial charge in [0.05, 0.1) is 22.4 Å². The van der Waals surface area contributed by atoms with Gasteiger partial charge in [-0.3, -0.25) is 14.9 Å². The van der Waals surface area contributed by atoms with Gasteiger partial charge in [-0.1, -0.05) is 30.3 Å². The Bertz CT molecular complexity index is 953.